The summed E-state index contributed by atoms with van der Waals surface area (Å²) in [5.41, 5.74) is -0.0187. The molecule has 0 aliphatic carbocycles. The molecule has 0 saturated heterocycles. The van der Waals surface area contributed by atoms with Gasteiger partial charge < -0.3 is 19.2 Å². The molecule has 0 unspecified atom stereocenters. The molecule has 2 rings (SSSR count). The highest BCUT2D eigenvalue weighted by atomic mass is 35.5. The first-order valence-electron chi connectivity index (χ1n) is 7.63. The molecule has 0 spiro atoms. The van der Waals surface area contributed by atoms with Crippen molar-refractivity contribution >= 4 is 29.3 Å². The van der Waals surface area contributed by atoms with Crippen molar-refractivity contribution in [1.29, 1.82) is 0 Å². The van der Waals surface area contributed by atoms with Crippen LogP contribution in [0.1, 0.15) is 30.0 Å². The summed E-state index contributed by atoms with van der Waals surface area (Å²) >= 11 is 0. The maximum Gasteiger partial charge on any atom is 0.342 e. The Balaban J connectivity index is 0.00000288. The summed E-state index contributed by atoms with van der Waals surface area (Å²) in [6.07, 6.45) is 0. The van der Waals surface area contributed by atoms with Crippen LogP contribution in [0.3, 0.4) is 0 Å². The minimum atomic E-state index is -0.638. The summed E-state index contributed by atoms with van der Waals surface area (Å²) in [6.45, 7) is 8.32. The van der Waals surface area contributed by atoms with Crippen LogP contribution < -0.4 is 5.43 Å². The maximum absolute atomic E-state index is 12.1. The van der Waals surface area contributed by atoms with Crippen LogP contribution in [0, 0.1) is 6.92 Å². The lowest BCUT2D eigenvalue weighted by molar-refractivity contribution is 0.0463. The van der Waals surface area contributed by atoms with E-state index in [0.717, 1.165) is 13.1 Å². The van der Waals surface area contributed by atoms with E-state index in [1.54, 1.807) is 6.92 Å². The molecule has 1 aromatic carbocycles. The number of hydrogen-bond acceptors (Lipinski definition) is 6. The number of carbonyl (C=O) groups excluding carboxylic acids is 1. The second kappa shape index (κ2) is 8.70. The number of nitrogens with zero attached hydrogens (tertiary/aromatic N) is 1. The lowest BCUT2D eigenvalue weighted by Crippen LogP contribution is -2.27. The Morgan fingerprint density at radius 1 is 1.25 bits per heavy atom. The van der Waals surface area contributed by atoms with Crippen molar-refractivity contribution in [3.63, 3.8) is 0 Å². The third-order valence-corrected chi connectivity index (χ3v) is 3.72. The van der Waals surface area contributed by atoms with Crippen LogP contribution in [0.2, 0.25) is 0 Å². The molecular weight excluding hydrogens is 334 g/mol. The molecule has 132 valence electrons. The monoisotopic (exact) mass is 355 g/mol. The maximum atomic E-state index is 12.1. The Bertz CT molecular complexity index is 767. The fraction of sp³-hybridized carbons (Fsp3) is 0.412. The smallest absolute Gasteiger partial charge is 0.342 e. The van der Waals surface area contributed by atoms with Gasteiger partial charge in [-0.15, -0.1) is 12.4 Å². The highest BCUT2D eigenvalue weighted by Crippen LogP contribution is 2.24. The van der Waals surface area contributed by atoms with E-state index in [9.17, 15) is 14.7 Å². The lowest BCUT2D eigenvalue weighted by Gasteiger charge is -2.17. The van der Waals surface area contributed by atoms with E-state index < -0.39 is 5.97 Å². The van der Waals surface area contributed by atoms with Gasteiger partial charge in [0.2, 0.25) is 0 Å². The van der Waals surface area contributed by atoms with Crippen LogP contribution in [0.15, 0.2) is 27.4 Å². The van der Waals surface area contributed by atoms with Crippen molar-refractivity contribution in [2.45, 2.75) is 20.8 Å². The Kier molecular flexibility index (Phi) is 7.25. The molecule has 0 amide bonds. The summed E-state index contributed by atoms with van der Waals surface area (Å²) in [5, 5.41) is 10.2. The number of carbonyl (C=O) groups is 1. The van der Waals surface area contributed by atoms with Crippen LogP contribution in [-0.4, -0.2) is 42.2 Å². The SMILES string of the molecule is CCN(CC)CCOC(=O)c1cc2oc(C)cc(=O)c2cc1O.Cl. The number of likely N-dealkylation sites (N-methyl/N-ethyl adjacent to an activating group) is 1. The van der Waals surface area contributed by atoms with Crippen molar-refractivity contribution in [1.82, 2.24) is 4.90 Å². The van der Waals surface area contributed by atoms with Gasteiger partial charge in [0.15, 0.2) is 5.43 Å². The van der Waals surface area contributed by atoms with Gasteiger partial charge in [-0.1, -0.05) is 13.8 Å². The number of ether oxygens (including phenoxy) is 1. The molecule has 0 aliphatic heterocycles. The lowest BCUT2D eigenvalue weighted by atomic mass is 10.1. The number of esters is 1. The summed E-state index contributed by atoms with van der Waals surface area (Å²) in [5.74, 6) is -0.490. The molecule has 0 fully saturated rings. The highest BCUT2D eigenvalue weighted by Gasteiger charge is 2.16. The molecule has 24 heavy (non-hydrogen) atoms. The van der Waals surface area contributed by atoms with Crippen molar-refractivity contribution < 1.29 is 19.1 Å². The first kappa shape index (κ1) is 20.0. The molecule has 7 heteroatoms. The molecule has 1 aromatic heterocycles. The zero-order chi connectivity index (χ0) is 17.0. The number of aryl methyl sites for hydroxylation is 1. The third kappa shape index (κ3) is 4.49. The van der Waals surface area contributed by atoms with Crippen LogP contribution in [0.25, 0.3) is 11.0 Å². The fourth-order valence-electron chi connectivity index (χ4n) is 2.36. The number of aromatic hydroxyl groups is 1. The average Bonchev–Trinajstić information content (AvgIpc) is 2.51. The molecule has 1 N–H and O–H groups in total. The Morgan fingerprint density at radius 3 is 2.54 bits per heavy atom. The van der Waals surface area contributed by atoms with Crippen LogP contribution in [0.4, 0.5) is 0 Å². The summed E-state index contributed by atoms with van der Waals surface area (Å²) in [7, 11) is 0. The molecule has 0 atom stereocenters. The Morgan fingerprint density at radius 2 is 1.92 bits per heavy atom. The van der Waals surface area contributed by atoms with Crippen LogP contribution >= 0.6 is 12.4 Å². The number of benzene rings is 1. The summed E-state index contributed by atoms with van der Waals surface area (Å²) in [6, 6.07) is 3.92. The van der Waals surface area contributed by atoms with Crippen molar-refractivity contribution in [3.05, 3.63) is 39.7 Å². The molecule has 1 heterocycles. The number of rotatable bonds is 6. The predicted molar refractivity (Wildman–Crippen MR) is 94.2 cm³/mol. The molecule has 6 nitrogen and oxygen atoms in total. The average molecular weight is 356 g/mol. The zero-order valence-corrected chi connectivity index (χ0v) is 14.8. The minimum absolute atomic E-state index is 0. The van der Waals surface area contributed by atoms with Crippen LogP contribution in [-0.2, 0) is 4.74 Å². The fourth-order valence-corrected chi connectivity index (χ4v) is 2.36. The van der Waals surface area contributed by atoms with Gasteiger partial charge in [-0.2, -0.15) is 0 Å². The Hall–Kier alpha value is -2.05. The first-order valence-corrected chi connectivity index (χ1v) is 7.63. The van der Waals surface area contributed by atoms with Gasteiger partial charge in [0, 0.05) is 12.6 Å². The van der Waals surface area contributed by atoms with Crippen LogP contribution in [0.5, 0.6) is 5.75 Å². The molecule has 0 saturated carbocycles. The zero-order valence-electron chi connectivity index (χ0n) is 14.0. The van der Waals surface area contributed by atoms with Gasteiger partial charge in [-0.05, 0) is 32.1 Å². The topological polar surface area (TPSA) is 80.0 Å². The summed E-state index contributed by atoms with van der Waals surface area (Å²) < 4.78 is 10.6. The highest BCUT2D eigenvalue weighted by molar-refractivity contribution is 5.97. The van der Waals surface area contributed by atoms with Gasteiger partial charge in [-0.3, -0.25) is 4.79 Å². The van der Waals surface area contributed by atoms with E-state index in [1.165, 1.54) is 18.2 Å². The van der Waals surface area contributed by atoms with Crippen molar-refractivity contribution in [2.75, 3.05) is 26.2 Å². The van der Waals surface area contributed by atoms with Gasteiger partial charge in [0.25, 0.3) is 0 Å². The van der Waals surface area contributed by atoms with Gasteiger partial charge in [-0.25, -0.2) is 4.79 Å². The minimum Gasteiger partial charge on any atom is -0.507 e. The number of fused-ring (bicyclic) bond motifs is 1. The second-order valence-corrected chi connectivity index (χ2v) is 5.25. The molecule has 2 aromatic rings. The van der Waals surface area contributed by atoms with E-state index >= 15 is 0 Å². The van der Waals surface area contributed by atoms with E-state index in [2.05, 4.69) is 4.90 Å². The third-order valence-electron chi connectivity index (χ3n) is 3.72. The van der Waals surface area contributed by atoms with E-state index in [1.807, 2.05) is 13.8 Å². The molecule has 0 aliphatic rings. The standard InChI is InChI=1S/C17H21NO5.ClH/c1-4-18(5-2)6-7-22-17(21)13-10-16-12(9-15(13)20)14(19)8-11(3)23-16;/h8-10,20H,4-7H2,1-3H3;1H. The van der Waals surface area contributed by atoms with Gasteiger partial charge in [0.1, 0.15) is 29.3 Å². The number of hydrogen-bond donors (Lipinski definition) is 1. The number of phenolic OH excluding ortho intramolecular Hbond substituents is 1. The number of halogens is 1. The molecular formula is C17H22ClNO5. The molecule has 0 radical (unpaired) electrons. The van der Waals surface area contributed by atoms with E-state index in [0.29, 0.717) is 12.3 Å². The molecule has 0 bridgehead atoms. The normalized spacial score (nSPS) is 10.7. The van der Waals surface area contributed by atoms with Gasteiger partial charge >= 0.3 is 5.97 Å². The van der Waals surface area contributed by atoms with Gasteiger partial charge in [0.05, 0.1) is 5.39 Å². The predicted octanol–water partition coefficient (Wildman–Crippen LogP) is 2.73. The largest absolute Gasteiger partial charge is 0.507 e. The second-order valence-electron chi connectivity index (χ2n) is 5.25. The van der Waals surface area contributed by atoms with Crippen molar-refractivity contribution in [3.8, 4) is 5.75 Å². The summed E-state index contributed by atoms with van der Waals surface area (Å²) in [4.78, 5) is 26.1. The quantitative estimate of drug-likeness (QED) is 0.802. The first-order chi connectivity index (χ1) is 11.0. The van der Waals surface area contributed by atoms with E-state index in [4.69, 9.17) is 9.15 Å². The van der Waals surface area contributed by atoms with E-state index in [-0.39, 0.29) is 46.7 Å². The van der Waals surface area contributed by atoms with Crippen molar-refractivity contribution in [2.24, 2.45) is 0 Å². The Labute approximate surface area is 146 Å². The number of phenols is 1.